The zero-order chi connectivity index (χ0) is 14.8. The van der Waals surface area contributed by atoms with Crippen LogP contribution in [0.15, 0.2) is 28.7 Å². The molecule has 2 aromatic heterocycles. The van der Waals surface area contributed by atoms with E-state index in [0.717, 1.165) is 29.8 Å². The van der Waals surface area contributed by atoms with Crippen LogP contribution in [0.1, 0.15) is 30.3 Å². The molecule has 0 radical (unpaired) electrons. The molecule has 0 aliphatic carbocycles. The maximum absolute atomic E-state index is 5.67. The van der Waals surface area contributed by atoms with Crippen LogP contribution in [-0.2, 0) is 13.1 Å². The fraction of sp³-hybridized carbons (Fsp3) is 0.375. The lowest BCUT2D eigenvalue weighted by atomic mass is 10.2. The van der Waals surface area contributed by atoms with Crippen molar-refractivity contribution >= 4 is 17.1 Å². The molecule has 0 aliphatic heterocycles. The number of nitrogens with zero attached hydrogens (tertiary/aromatic N) is 3. The molecule has 21 heavy (non-hydrogen) atoms. The minimum absolute atomic E-state index is 0.554. The Bertz CT molecular complexity index is 724. The highest BCUT2D eigenvalue weighted by molar-refractivity contribution is 5.74. The van der Waals surface area contributed by atoms with E-state index in [1.54, 1.807) is 0 Å². The summed E-state index contributed by atoms with van der Waals surface area (Å²) in [5, 5.41) is 7.84. The number of benzene rings is 1. The van der Waals surface area contributed by atoms with Gasteiger partial charge >= 0.3 is 0 Å². The monoisotopic (exact) mass is 284 g/mol. The summed E-state index contributed by atoms with van der Waals surface area (Å²) in [5.41, 5.74) is 5.15. The second-order valence-electron chi connectivity index (χ2n) is 5.21. The smallest absolute Gasteiger partial charge is 0.295 e. The number of aromatic nitrogens is 3. The summed E-state index contributed by atoms with van der Waals surface area (Å²) in [6.45, 7) is 7.94. The van der Waals surface area contributed by atoms with Gasteiger partial charge in [-0.25, -0.2) is 0 Å². The van der Waals surface area contributed by atoms with E-state index in [-0.39, 0.29) is 0 Å². The summed E-state index contributed by atoms with van der Waals surface area (Å²) in [5.74, 6) is 0. The summed E-state index contributed by atoms with van der Waals surface area (Å²) in [4.78, 5) is 4.43. The number of aryl methyl sites for hydroxylation is 2. The molecular weight excluding hydrogens is 264 g/mol. The molecule has 1 N–H and O–H groups in total. The van der Waals surface area contributed by atoms with E-state index in [2.05, 4.69) is 33.9 Å². The second kappa shape index (κ2) is 5.60. The summed E-state index contributed by atoms with van der Waals surface area (Å²) < 4.78 is 7.74. The molecule has 0 bridgehead atoms. The van der Waals surface area contributed by atoms with Gasteiger partial charge in [0.15, 0.2) is 5.58 Å². The van der Waals surface area contributed by atoms with Crippen LogP contribution >= 0.6 is 0 Å². The molecule has 2 heterocycles. The molecule has 0 aliphatic rings. The standard InChI is InChI=1S/C16H20N4O/c1-4-9-20-12(3)13(11(2)19-20)10-17-16-18-14-7-5-6-8-15(14)21-16/h5-8H,4,9-10H2,1-3H3,(H,17,18). The van der Waals surface area contributed by atoms with E-state index in [1.165, 1.54) is 11.3 Å². The van der Waals surface area contributed by atoms with Crippen LogP contribution in [0.2, 0.25) is 0 Å². The first-order chi connectivity index (χ1) is 10.2. The molecule has 0 spiro atoms. The number of hydrogen-bond donors (Lipinski definition) is 1. The van der Waals surface area contributed by atoms with Crippen LogP contribution in [0.3, 0.4) is 0 Å². The van der Waals surface area contributed by atoms with Gasteiger partial charge in [-0.2, -0.15) is 10.1 Å². The molecule has 3 aromatic rings. The van der Waals surface area contributed by atoms with Gasteiger partial charge in [-0.15, -0.1) is 0 Å². The first kappa shape index (κ1) is 13.7. The van der Waals surface area contributed by atoms with E-state index < -0.39 is 0 Å². The van der Waals surface area contributed by atoms with Crippen molar-refractivity contribution in [2.24, 2.45) is 0 Å². The lowest BCUT2D eigenvalue weighted by Crippen LogP contribution is -2.04. The van der Waals surface area contributed by atoms with Gasteiger partial charge in [0.2, 0.25) is 0 Å². The maximum Gasteiger partial charge on any atom is 0.295 e. The van der Waals surface area contributed by atoms with E-state index in [0.29, 0.717) is 12.6 Å². The average Bonchev–Trinajstić information content (AvgIpc) is 2.99. The van der Waals surface area contributed by atoms with Gasteiger partial charge in [0, 0.05) is 24.3 Å². The molecule has 0 saturated heterocycles. The SMILES string of the molecule is CCCn1nc(C)c(CNc2nc3ccccc3o2)c1C. The minimum atomic E-state index is 0.554. The molecule has 0 unspecified atom stereocenters. The highest BCUT2D eigenvalue weighted by Gasteiger charge is 2.12. The first-order valence-electron chi connectivity index (χ1n) is 7.31. The third-order valence-electron chi connectivity index (χ3n) is 3.68. The minimum Gasteiger partial charge on any atom is -0.424 e. The van der Waals surface area contributed by atoms with Crippen LogP contribution in [0.4, 0.5) is 6.01 Å². The lowest BCUT2D eigenvalue weighted by Gasteiger charge is -2.04. The van der Waals surface area contributed by atoms with Crippen molar-refractivity contribution in [1.82, 2.24) is 14.8 Å². The van der Waals surface area contributed by atoms with Gasteiger partial charge < -0.3 is 9.73 Å². The Morgan fingerprint density at radius 3 is 2.81 bits per heavy atom. The van der Waals surface area contributed by atoms with Crippen molar-refractivity contribution in [2.45, 2.75) is 40.3 Å². The first-order valence-corrected chi connectivity index (χ1v) is 7.31. The largest absolute Gasteiger partial charge is 0.424 e. The van der Waals surface area contributed by atoms with Crippen molar-refractivity contribution in [3.8, 4) is 0 Å². The predicted octanol–water partition coefficient (Wildman–Crippen LogP) is 3.66. The molecule has 0 fully saturated rings. The van der Waals surface area contributed by atoms with Crippen molar-refractivity contribution in [1.29, 1.82) is 0 Å². The zero-order valence-electron chi connectivity index (χ0n) is 12.7. The lowest BCUT2D eigenvalue weighted by molar-refractivity contribution is 0.582. The second-order valence-corrected chi connectivity index (χ2v) is 5.21. The van der Waals surface area contributed by atoms with Gasteiger partial charge in [0.05, 0.1) is 5.69 Å². The van der Waals surface area contributed by atoms with E-state index in [9.17, 15) is 0 Å². The summed E-state index contributed by atoms with van der Waals surface area (Å²) in [7, 11) is 0. The fourth-order valence-corrected chi connectivity index (χ4v) is 2.53. The summed E-state index contributed by atoms with van der Waals surface area (Å²) >= 11 is 0. The van der Waals surface area contributed by atoms with Crippen LogP contribution in [-0.4, -0.2) is 14.8 Å². The highest BCUT2D eigenvalue weighted by atomic mass is 16.4. The van der Waals surface area contributed by atoms with Gasteiger partial charge in [-0.3, -0.25) is 4.68 Å². The van der Waals surface area contributed by atoms with Gasteiger partial charge in [-0.05, 0) is 32.4 Å². The Kier molecular flexibility index (Phi) is 3.64. The summed E-state index contributed by atoms with van der Waals surface area (Å²) in [6.07, 6.45) is 1.08. The normalized spacial score (nSPS) is 11.2. The van der Waals surface area contributed by atoms with Crippen LogP contribution in [0, 0.1) is 13.8 Å². The third-order valence-corrected chi connectivity index (χ3v) is 3.68. The fourth-order valence-electron chi connectivity index (χ4n) is 2.53. The maximum atomic E-state index is 5.67. The number of rotatable bonds is 5. The van der Waals surface area contributed by atoms with Crippen molar-refractivity contribution < 1.29 is 4.42 Å². The van der Waals surface area contributed by atoms with Crippen LogP contribution in [0.5, 0.6) is 0 Å². The van der Waals surface area contributed by atoms with Crippen molar-refractivity contribution in [3.05, 3.63) is 41.2 Å². The number of nitrogens with one attached hydrogen (secondary N) is 1. The molecular formula is C16H20N4O. The molecule has 0 saturated carbocycles. The van der Waals surface area contributed by atoms with Crippen LogP contribution in [0.25, 0.3) is 11.1 Å². The van der Waals surface area contributed by atoms with Gasteiger partial charge in [-0.1, -0.05) is 19.1 Å². The number of hydrogen-bond acceptors (Lipinski definition) is 4. The Balaban J connectivity index is 1.78. The third kappa shape index (κ3) is 2.63. The summed E-state index contributed by atoms with van der Waals surface area (Å²) in [6, 6.07) is 8.32. The zero-order valence-corrected chi connectivity index (χ0v) is 12.7. The Morgan fingerprint density at radius 2 is 2.05 bits per heavy atom. The molecule has 1 aromatic carbocycles. The van der Waals surface area contributed by atoms with E-state index in [1.807, 2.05) is 31.2 Å². The quantitative estimate of drug-likeness (QED) is 0.776. The molecule has 0 atom stereocenters. The average molecular weight is 284 g/mol. The highest BCUT2D eigenvalue weighted by Crippen LogP contribution is 2.20. The van der Waals surface area contributed by atoms with Gasteiger partial charge in [0.25, 0.3) is 6.01 Å². The van der Waals surface area contributed by atoms with Crippen LogP contribution < -0.4 is 5.32 Å². The molecule has 0 amide bonds. The van der Waals surface area contributed by atoms with Crippen molar-refractivity contribution in [2.75, 3.05) is 5.32 Å². The Morgan fingerprint density at radius 1 is 1.24 bits per heavy atom. The Hall–Kier alpha value is -2.30. The number of oxazole rings is 1. The Labute approximate surface area is 124 Å². The molecule has 3 rings (SSSR count). The van der Waals surface area contributed by atoms with E-state index in [4.69, 9.17) is 4.42 Å². The number of anilines is 1. The predicted molar refractivity (Wildman–Crippen MR) is 83.3 cm³/mol. The topological polar surface area (TPSA) is 55.9 Å². The van der Waals surface area contributed by atoms with Crippen molar-refractivity contribution in [3.63, 3.8) is 0 Å². The van der Waals surface area contributed by atoms with Gasteiger partial charge in [0.1, 0.15) is 5.52 Å². The molecule has 5 nitrogen and oxygen atoms in total. The number of fused-ring (bicyclic) bond motifs is 1. The molecule has 110 valence electrons. The molecule has 5 heteroatoms. The number of para-hydroxylation sites is 2. The van der Waals surface area contributed by atoms with E-state index >= 15 is 0 Å².